The highest BCUT2D eigenvalue weighted by Crippen LogP contribution is 2.47. The van der Waals surface area contributed by atoms with Crippen molar-refractivity contribution < 1.29 is 33.7 Å². The Balaban J connectivity index is 1.21. The highest BCUT2D eigenvalue weighted by atomic mass is 16.5. The molecule has 0 spiro atoms. The Morgan fingerprint density at radius 1 is 0.980 bits per heavy atom. The predicted octanol–water partition coefficient (Wildman–Crippen LogP) is 6.95. The van der Waals surface area contributed by atoms with E-state index in [0.717, 1.165) is 58.3 Å². The zero-order valence-electron chi connectivity index (χ0n) is 27.8. The minimum atomic E-state index is -1.05. The Morgan fingerprint density at radius 2 is 1.76 bits per heavy atom. The number of rotatable bonds is 9. The number of nitrogens with zero attached hydrogens (tertiary/aromatic N) is 1. The molecule has 4 aromatic rings. The van der Waals surface area contributed by atoms with Gasteiger partial charge >= 0.3 is 5.97 Å². The lowest BCUT2D eigenvalue weighted by molar-refractivity contribution is -0.131. The fourth-order valence-electron chi connectivity index (χ4n) is 7.79. The van der Waals surface area contributed by atoms with Gasteiger partial charge in [-0.1, -0.05) is 49.6 Å². The van der Waals surface area contributed by atoms with Crippen molar-refractivity contribution in [1.82, 2.24) is 9.88 Å². The first kappa shape index (κ1) is 32.6. The maximum atomic E-state index is 14.1. The highest BCUT2D eigenvalue weighted by molar-refractivity contribution is 6.04. The van der Waals surface area contributed by atoms with Crippen LogP contribution in [-0.4, -0.2) is 59.8 Å². The number of ether oxygens (including phenoxy) is 3. The van der Waals surface area contributed by atoms with Crippen LogP contribution < -0.4 is 14.8 Å². The monoisotopic (exact) mass is 662 g/mol. The van der Waals surface area contributed by atoms with E-state index in [9.17, 15) is 14.4 Å². The third kappa shape index (κ3) is 6.59. The van der Waals surface area contributed by atoms with Gasteiger partial charge in [0.2, 0.25) is 0 Å². The van der Waals surface area contributed by atoms with Crippen LogP contribution >= 0.6 is 0 Å². The maximum Gasteiger partial charge on any atom is 0.328 e. The molecule has 3 aliphatic rings. The molecule has 1 amide bonds. The van der Waals surface area contributed by atoms with Crippen LogP contribution in [0.25, 0.3) is 28.2 Å². The zero-order valence-corrected chi connectivity index (χ0v) is 27.8. The lowest BCUT2D eigenvalue weighted by Gasteiger charge is -2.36. The number of carboxylic acids is 1. The van der Waals surface area contributed by atoms with Crippen LogP contribution in [0.5, 0.6) is 11.5 Å². The normalized spacial score (nSPS) is 17.5. The number of carbonyl (C=O) groups is 3. The Hall–Kier alpha value is -4.89. The standard InChI is InChI=1S/C40H42N2O7/c1-47-30-13-15-32-34(25-30)49-22-19-42-33-24-29(12-14-31(33)37(38(32)42)28-5-3-2-4-6-28)39(46)41-40(17-20-48-21-18-40)35(43)23-27-9-7-26(8-10-27)11-16-36(44)45/h7-16,24-25,28H,2-6,17-23H2,1H3,(H,41,46)(H,44,45)/b16-11+. The Bertz CT molecular complexity index is 1910. The van der Waals surface area contributed by atoms with E-state index < -0.39 is 11.5 Å². The number of hydrogen-bond acceptors (Lipinski definition) is 6. The van der Waals surface area contributed by atoms with Crippen molar-refractivity contribution in [2.75, 3.05) is 26.9 Å². The number of Topliss-reactive ketones (excluding diaryl/α,β-unsaturated/α-hetero) is 1. The minimum absolute atomic E-state index is 0.0700. The number of aliphatic carboxylic acids is 1. The fourth-order valence-corrected chi connectivity index (χ4v) is 7.79. The second-order valence-corrected chi connectivity index (χ2v) is 13.4. The molecule has 0 radical (unpaired) electrons. The minimum Gasteiger partial charge on any atom is -0.497 e. The summed E-state index contributed by atoms with van der Waals surface area (Å²) in [7, 11) is 1.66. The van der Waals surface area contributed by atoms with Gasteiger partial charge < -0.3 is 29.2 Å². The molecule has 2 aliphatic heterocycles. The molecule has 7 rings (SSSR count). The molecule has 49 heavy (non-hydrogen) atoms. The van der Waals surface area contributed by atoms with Crippen LogP contribution in [0, 0.1) is 0 Å². The van der Waals surface area contributed by atoms with E-state index in [1.165, 1.54) is 36.3 Å². The average Bonchev–Trinajstić information content (AvgIpc) is 3.32. The van der Waals surface area contributed by atoms with Crippen LogP contribution in [0.4, 0.5) is 0 Å². The Kier molecular flexibility index (Phi) is 9.27. The second kappa shape index (κ2) is 13.9. The molecular formula is C40H42N2O7. The van der Waals surface area contributed by atoms with E-state index in [-0.39, 0.29) is 18.1 Å². The van der Waals surface area contributed by atoms with Crippen LogP contribution in [-0.2, 0) is 27.3 Å². The molecule has 2 N–H and O–H groups in total. The van der Waals surface area contributed by atoms with Gasteiger partial charge in [-0.15, -0.1) is 0 Å². The molecule has 1 aromatic heterocycles. The lowest BCUT2D eigenvalue weighted by atomic mass is 9.81. The van der Waals surface area contributed by atoms with Gasteiger partial charge in [0, 0.05) is 66.6 Å². The summed E-state index contributed by atoms with van der Waals surface area (Å²) in [5.74, 6) is 0.610. The van der Waals surface area contributed by atoms with Crippen molar-refractivity contribution >= 4 is 34.6 Å². The van der Waals surface area contributed by atoms with E-state index >= 15 is 0 Å². The first-order chi connectivity index (χ1) is 23.8. The number of nitrogens with one attached hydrogen (secondary N) is 1. The number of fused-ring (bicyclic) bond motifs is 5. The van der Waals surface area contributed by atoms with E-state index in [4.69, 9.17) is 19.3 Å². The molecule has 0 bridgehead atoms. The van der Waals surface area contributed by atoms with Crippen LogP contribution in [0.1, 0.15) is 77.9 Å². The molecule has 0 unspecified atom stereocenters. The topological polar surface area (TPSA) is 116 Å². The summed E-state index contributed by atoms with van der Waals surface area (Å²) in [6.07, 6.45) is 9.45. The molecule has 254 valence electrons. The fraction of sp³-hybridized carbons (Fsp3) is 0.375. The van der Waals surface area contributed by atoms with Crippen LogP contribution in [0.3, 0.4) is 0 Å². The molecule has 3 heterocycles. The molecule has 9 nitrogen and oxygen atoms in total. The number of ketones is 1. The molecular weight excluding hydrogens is 620 g/mol. The van der Waals surface area contributed by atoms with Crippen molar-refractivity contribution in [2.45, 2.75) is 69.4 Å². The summed E-state index contributed by atoms with van der Waals surface area (Å²) >= 11 is 0. The van der Waals surface area contributed by atoms with E-state index in [2.05, 4.69) is 22.0 Å². The Morgan fingerprint density at radius 3 is 2.49 bits per heavy atom. The molecule has 2 fully saturated rings. The van der Waals surface area contributed by atoms with Crippen molar-refractivity contribution in [2.24, 2.45) is 0 Å². The van der Waals surface area contributed by atoms with Gasteiger partial charge in [-0.05, 0) is 65.8 Å². The number of methoxy groups -OCH3 is 1. The van der Waals surface area contributed by atoms with E-state index in [1.54, 1.807) is 19.2 Å². The predicted molar refractivity (Wildman–Crippen MR) is 187 cm³/mol. The third-order valence-electron chi connectivity index (χ3n) is 10.4. The number of carboxylic acid groups (broad SMARTS) is 1. The first-order valence-electron chi connectivity index (χ1n) is 17.3. The second-order valence-electron chi connectivity index (χ2n) is 13.4. The molecule has 1 saturated carbocycles. The van der Waals surface area contributed by atoms with Crippen molar-refractivity contribution in [3.8, 4) is 22.8 Å². The van der Waals surface area contributed by atoms with Crippen LogP contribution in [0.15, 0.2) is 66.7 Å². The summed E-state index contributed by atoms with van der Waals surface area (Å²) < 4.78 is 19.7. The largest absolute Gasteiger partial charge is 0.497 e. The third-order valence-corrected chi connectivity index (χ3v) is 10.4. The summed E-state index contributed by atoms with van der Waals surface area (Å²) in [5, 5.41) is 13.3. The molecule has 9 heteroatoms. The van der Waals surface area contributed by atoms with Gasteiger partial charge in [-0.2, -0.15) is 0 Å². The maximum absolute atomic E-state index is 14.1. The zero-order chi connectivity index (χ0) is 34.0. The number of hydrogen-bond donors (Lipinski definition) is 2. The van der Waals surface area contributed by atoms with Crippen molar-refractivity contribution in [1.29, 1.82) is 0 Å². The molecule has 1 aliphatic carbocycles. The highest BCUT2D eigenvalue weighted by Gasteiger charge is 2.41. The molecule has 1 saturated heterocycles. The number of carbonyl (C=O) groups excluding carboxylic acids is 2. The molecule has 0 atom stereocenters. The van der Waals surface area contributed by atoms with E-state index in [0.29, 0.717) is 50.7 Å². The van der Waals surface area contributed by atoms with Gasteiger partial charge in [-0.3, -0.25) is 9.59 Å². The van der Waals surface area contributed by atoms with Gasteiger partial charge in [0.25, 0.3) is 5.91 Å². The van der Waals surface area contributed by atoms with Crippen molar-refractivity contribution in [3.05, 3.63) is 89.0 Å². The molecule has 3 aromatic carbocycles. The number of amides is 1. The summed E-state index contributed by atoms with van der Waals surface area (Å²) in [4.78, 5) is 38.9. The summed E-state index contributed by atoms with van der Waals surface area (Å²) in [6, 6.07) is 19.2. The van der Waals surface area contributed by atoms with Gasteiger partial charge in [-0.25, -0.2) is 4.79 Å². The lowest BCUT2D eigenvalue weighted by Crippen LogP contribution is -2.58. The smallest absolute Gasteiger partial charge is 0.328 e. The number of aromatic nitrogens is 1. The summed E-state index contributed by atoms with van der Waals surface area (Å²) in [6.45, 7) is 1.90. The Labute approximate surface area is 285 Å². The summed E-state index contributed by atoms with van der Waals surface area (Å²) in [5.41, 5.74) is 5.52. The number of benzene rings is 3. The van der Waals surface area contributed by atoms with Gasteiger partial charge in [0.15, 0.2) is 5.78 Å². The van der Waals surface area contributed by atoms with Gasteiger partial charge in [0.1, 0.15) is 23.6 Å². The quantitative estimate of drug-likeness (QED) is 0.187. The first-order valence-corrected chi connectivity index (χ1v) is 17.3. The van der Waals surface area contributed by atoms with Crippen LogP contribution in [0.2, 0.25) is 0 Å². The SMILES string of the molecule is COc1ccc2c(c1)OCCn1c-2c(C2CCCCC2)c2ccc(C(=O)NC3(C(=O)Cc4ccc(/C=C/C(=O)O)cc4)CCOCC3)cc21. The van der Waals surface area contributed by atoms with Crippen molar-refractivity contribution in [3.63, 3.8) is 0 Å². The van der Waals surface area contributed by atoms with E-state index in [1.807, 2.05) is 36.4 Å². The van der Waals surface area contributed by atoms with Gasteiger partial charge in [0.05, 0.1) is 19.3 Å². The average molecular weight is 663 g/mol.